The largest absolute Gasteiger partial charge is 0.369 e. The molecule has 0 aromatic heterocycles. The highest BCUT2D eigenvalue weighted by Crippen LogP contribution is 2.37. The topological polar surface area (TPSA) is 86.8 Å². The summed E-state index contributed by atoms with van der Waals surface area (Å²) in [7, 11) is -2.96. The quantitative estimate of drug-likeness (QED) is 0.488. The highest BCUT2D eigenvalue weighted by Gasteiger charge is 2.44. The van der Waals surface area contributed by atoms with Crippen LogP contribution in [0.4, 0.5) is 10.1 Å². The number of carbonyl (C=O) groups excluding carboxylic acids is 2. The number of benzene rings is 3. The van der Waals surface area contributed by atoms with Gasteiger partial charge in [0.25, 0.3) is 5.91 Å². The van der Waals surface area contributed by atoms with Crippen molar-refractivity contribution < 1.29 is 22.4 Å². The van der Waals surface area contributed by atoms with Gasteiger partial charge < -0.3 is 15.1 Å². The van der Waals surface area contributed by atoms with Crippen molar-refractivity contribution >= 4 is 27.3 Å². The van der Waals surface area contributed by atoms with Crippen molar-refractivity contribution in [1.29, 1.82) is 0 Å². The molecule has 0 unspecified atom stereocenters. The van der Waals surface area contributed by atoms with E-state index in [1.807, 2.05) is 54.3 Å². The van der Waals surface area contributed by atoms with Crippen LogP contribution in [0.25, 0.3) is 0 Å². The number of likely N-dealkylation sites (tertiary alicyclic amines) is 1. The third kappa shape index (κ3) is 5.89. The fourth-order valence-corrected chi connectivity index (χ4v) is 6.83. The van der Waals surface area contributed by atoms with Gasteiger partial charge in [-0.25, -0.2) is 12.8 Å². The Morgan fingerprint density at radius 1 is 0.850 bits per heavy atom. The summed E-state index contributed by atoms with van der Waals surface area (Å²) in [6.45, 7) is 3.64. The first kappa shape index (κ1) is 27.8. The molecule has 9 heteroatoms. The number of amides is 2. The van der Waals surface area contributed by atoms with Crippen LogP contribution < -0.4 is 10.2 Å². The minimum Gasteiger partial charge on any atom is -0.369 e. The van der Waals surface area contributed by atoms with Crippen LogP contribution in [0.5, 0.6) is 0 Å². The second-order valence-corrected chi connectivity index (χ2v) is 13.0. The van der Waals surface area contributed by atoms with Crippen LogP contribution in [-0.4, -0.2) is 62.8 Å². The summed E-state index contributed by atoms with van der Waals surface area (Å²) in [5.41, 5.74) is 2.42. The Morgan fingerprint density at radius 2 is 1.45 bits per heavy atom. The second kappa shape index (κ2) is 11.4. The second-order valence-electron chi connectivity index (χ2n) is 10.7. The van der Waals surface area contributed by atoms with E-state index in [1.54, 1.807) is 29.2 Å². The molecule has 7 nitrogen and oxygen atoms in total. The molecular weight excluding hydrogens is 529 g/mol. The molecule has 210 valence electrons. The number of rotatable bonds is 6. The monoisotopic (exact) mass is 563 g/mol. The predicted octanol–water partition coefficient (Wildman–Crippen LogP) is 4.11. The number of carbonyl (C=O) groups is 2. The van der Waals surface area contributed by atoms with Gasteiger partial charge in [0, 0.05) is 37.4 Å². The average molecular weight is 564 g/mol. The molecule has 0 spiro atoms. The fourth-order valence-electron chi connectivity index (χ4n) is 5.63. The maximum atomic E-state index is 13.8. The van der Waals surface area contributed by atoms with Gasteiger partial charge in [0.05, 0.1) is 23.0 Å². The number of hydrogen-bond donors (Lipinski definition) is 1. The molecular formula is C31H34FN3O4S. The number of nitrogens with one attached hydrogen (secondary N) is 1. The van der Waals surface area contributed by atoms with Crippen LogP contribution >= 0.6 is 0 Å². The van der Waals surface area contributed by atoms with E-state index in [0.717, 1.165) is 16.8 Å². The number of piperidine rings is 1. The molecule has 3 aromatic rings. The third-order valence-electron chi connectivity index (χ3n) is 8.21. The smallest absolute Gasteiger partial charge is 0.253 e. The molecule has 0 aliphatic carbocycles. The van der Waals surface area contributed by atoms with Gasteiger partial charge in [-0.2, -0.15) is 0 Å². The van der Waals surface area contributed by atoms with Crippen molar-refractivity contribution in [3.8, 4) is 0 Å². The normalized spacial score (nSPS) is 19.1. The molecule has 0 saturated carbocycles. The minimum absolute atomic E-state index is 0.0884. The number of halogens is 1. The summed E-state index contributed by atoms with van der Waals surface area (Å²) in [6, 6.07) is 22.8. The first-order chi connectivity index (χ1) is 19.2. The van der Waals surface area contributed by atoms with Crippen molar-refractivity contribution in [1.82, 2.24) is 10.2 Å². The molecule has 1 atom stereocenters. The lowest BCUT2D eigenvalue weighted by molar-refractivity contribution is -0.129. The van der Waals surface area contributed by atoms with Crippen molar-refractivity contribution in [3.05, 3.63) is 101 Å². The van der Waals surface area contributed by atoms with Crippen LogP contribution in [-0.2, 0) is 20.0 Å². The Morgan fingerprint density at radius 3 is 2.05 bits per heavy atom. The van der Waals surface area contributed by atoms with Gasteiger partial charge in [-0.3, -0.25) is 9.59 Å². The van der Waals surface area contributed by atoms with E-state index in [2.05, 4.69) is 5.32 Å². The first-order valence-electron chi connectivity index (χ1n) is 13.6. The number of sulfone groups is 1. The van der Waals surface area contributed by atoms with Crippen LogP contribution in [0.1, 0.15) is 47.3 Å². The SMILES string of the molecule is C[C@H](NC(=O)C1(c2ccccc2)CCN(C(=O)c2ccc(N3CCS(=O)(=O)CC3)cc2)CC1)c1ccc(F)cc1. The van der Waals surface area contributed by atoms with Gasteiger partial charge >= 0.3 is 0 Å². The maximum Gasteiger partial charge on any atom is 0.253 e. The minimum atomic E-state index is -2.96. The van der Waals surface area contributed by atoms with Gasteiger partial charge in [0.1, 0.15) is 5.82 Å². The molecule has 1 N–H and O–H groups in total. The molecule has 0 radical (unpaired) electrons. The molecule has 2 heterocycles. The standard InChI is InChI=1S/C31H34FN3O4S/c1-23(24-7-11-27(32)12-8-24)33-30(37)31(26-5-3-2-4-6-26)15-17-35(18-16-31)29(36)25-9-13-28(14-10-25)34-19-21-40(38,39)22-20-34/h2-14,23H,15-22H2,1H3,(H,33,37)/t23-/m0/s1. The fraction of sp³-hybridized carbons (Fsp3) is 0.355. The predicted molar refractivity (Wildman–Crippen MR) is 154 cm³/mol. The van der Waals surface area contributed by atoms with Crippen LogP contribution in [0, 0.1) is 5.82 Å². The zero-order valence-corrected chi connectivity index (χ0v) is 23.4. The van der Waals surface area contributed by atoms with Crippen LogP contribution in [0.15, 0.2) is 78.9 Å². The van der Waals surface area contributed by atoms with Crippen LogP contribution in [0.3, 0.4) is 0 Å². The van der Waals surface area contributed by atoms with E-state index >= 15 is 0 Å². The van der Waals surface area contributed by atoms with Crippen molar-refractivity contribution in [2.45, 2.75) is 31.2 Å². The molecule has 2 aliphatic heterocycles. The van der Waals surface area contributed by atoms with Crippen molar-refractivity contribution in [2.24, 2.45) is 0 Å². The van der Waals surface area contributed by atoms with Gasteiger partial charge in [-0.1, -0.05) is 42.5 Å². The number of hydrogen-bond acceptors (Lipinski definition) is 5. The molecule has 40 heavy (non-hydrogen) atoms. The molecule has 2 fully saturated rings. The summed E-state index contributed by atoms with van der Waals surface area (Å²) in [4.78, 5) is 31.0. The molecule has 2 aliphatic rings. The lowest BCUT2D eigenvalue weighted by Crippen LogP contribution is -2.53. The van der Waals surface area contributed by atoms with E-state index in [1.165, 1.54) is 12.1 Å². The summed E-state index contributed by atoms with van der Waals surface area (Å²) < 4.78 is 36.9. The Balaban J connectivity index is 1.27. The first-order valence-corrected chi connectivity index (χ1v) is 15.5. The van der Waals surface area contributed by atoms with E-state index < -0.39 is 15.3 Å². The maximum absolute atomic E-state index is 13.8. The average Bonchev–Trinajstić information content (AvgIpc) is 2.97. The zero-order valence-electron chi connectivity index (χ0n) is 22.6. The molecule has 5 rings (SSSR count). The Hall–Kier alpha value is -3.72. The van der Waals surface area contributed by atoms with Crippen LogP contribution in [0.2, 0.25) is 0 Å². The lowest BCUT2D eigenvalue weighted by Gasteiger charge is -2.41. The van der Waals surface area contributed by atoms with E-state index in [4.69, 9.17) is 0 Å². The highest BCUT2D eigenvalue weighted by molar-refractivity contribution is 7.91. The van der Waals surface area contributed by atoms with Gasteiger partial charge in [0.15, 0.2) is 9.84 Å². The van der Waals surface area contributed by atoms with Gasteiger partial charge in [-0.15, -0.1) is 0 Å². The molecule has 2 saturated heterocycles. The third-order valence-corrected chi connectivity index (χ3v) is 9.82. The lowest BCUT2D eigenvalue weighted by atomic mass is 9.71. The van der Waals surface area contributed by atoms with Gasteiger partial charge in [-0.05, 0) is 67.3 Å². The summed E-state index contributed by atoms with van der Waals surface area (Å²) >= 11 is 0. The highest BCUT2D eigenvalue weighted by atomic mass is 32.2. The Kier molecular flexibility index (Phi) is 7.94. The molecule has 0 bridgehead atoms. The van der Waals surface area contributed by atoms with E-state index in [0.29, 0.717) is 44.6 Å². The Bertz CT molecular complexity index is 1440. The van der Waals surface area contributed by atoms with E-state index in [9.17, 15) is 22.4 Å². The van der Waals surface area contributed by atoms with Crippen molar-refractivity contribution in [2.75, 3.05) is 42.6 Å². The summed E-state index contributed by atoms with van der Waals surface area (Å²) in [5, 5.41) is 3.14. The number of nitrogens with zero attached hydrogens (tertiary/aromatic N) is 2. The van der Waals surface area contributed by atoms with Crippen molar-refractivity contribution in [3.63, 3.8) is 0 Å². The van der Waals surface area contributed by atoms with E-state index in [-0.39, 0.29) is 35.2 Å². The summed E-state index contributed by atoms with van der Waals surface area (Å²) in [6.07, 6.45) is 0.954. The zero-order chi connectivity index (χ0) is 28.3. The van der Waals surface area contributed by atoms with Gasteiger partial charge in [0.2, 0.25) is 5.91 Å². The molecule has 3 aromatic carbocycles. The Labute approximate surface area is 234 Å². The number of anilines is 1. The molecule has 2 amide bonds. The summed E-state index contributed by atoms with van der Waals surface area (Å²) in [5.74, 6) is -0.233.